The van der Waals surface area contributed by atoms with Crippen LogP contribution >= 0.6 is 0 Å². The van der Waals surface area contributed by atoms with Gasteiger partial charge in [-0.05, 0) is 38.5 Å². The molecule has 2 fully saturated rings. The molecule has 4 nitrogen and oxygen atoms in total. The van der Waals surface area contributed by atoms with Gasteiger partial charge in [-0.2, -0.15) is 0 Å². The Labute approximate surface area is 110 Å². The number of ether oxygens (including phenoxy) is 1. The fourth-order valence-corrected chi connectivity index (χ4v) is 3.16. The van der Waals surface area contributed by atoms with Gasteiger partial charge in [-0.1, -0.05) is 6.92 Å². The summed E-state index contributed by atoms with van der Waals surface area (Å²) in [5, 5.41) is 0. The van der Waals surface area contributed by atoms with Crippen molar-refractivity contribution in [2.45, 2.75) is 45.6 Å². The third-order valence-electron chi connectivity index (χ3n) is 4.60. The molecule has 0 radical (unpaired) electrons. The van der Waals surface area contributed by atoms with Gasteiger partial charge in [-0.15, -0.1) is 0 Å². The Kier molecular flexibility index (Phi) is 4.28. The van der Waals surface area contributed by atoms with Crippen molar-refractivity contribution in [1.82, 2.24) is 4.90 Å². The maximum atomic E-state index is 12.7. The molecule has 104 valence electrons. The van der Waals surface area contributed by atoms with Gasteiger partial charge in [0.15, 0.2) is 0 Å². The predicted molar refractivity (Wildman–Crippen MR) is 71.1 cm³/mol. The van der Waals surface area contributed by atoms with Crippen LogP contribution in [0.1, 0.15) is 39.5 Å². The van der Waals surface area contributed by atoms with E-state index >= 15 is 0 Å². The van der Waals surface area contributed by atoms with Gasteiger partial charge >= 0.3 is 0 Å². The summed E-state index contributed by atoms with van der Waals surface area (Å²) in [5.74, 6) is 1.01. The second kappa shape index (κ2) is 5.57. The van der Waals surface area contributed by atoms with Crippen LogP contribution in [0.15, 0.2) is 0 Å². The van der Waals surface area contributed by atoms with Gasteiger partial charge in [-0.25, -0.2) is 0 Å². The second-order valence-electron chi connectivity index (χ2n) is 6.10. The van der Waals surface area contributed by atoms with Crippen LogP contribution in [0, 0.1) is 11.3 Å². The molecule has 0 aromatic heterocycles. The summed E-state index contributed by atoms with van der Waals surface area (Å²) >= 11 is 0. The van der Waals surface area contributed by atoms with Crippen molar-refractivity contribution in [3.8, 4) is 0 Å². The minimum absolute atomic E-state index is 0.153. The van der Waals surface area contributed by atoms with Crippen molar-refractivity contribution in [2.24, 2.45) is 17.1 Å². The normalized spacial score (nSPS) is 37.6. The lowest BCUT2D eigenvalue weighted by Gasteiger charge is -2.42. The van der Waals surface area contributed by atoms with E-state index in [0.29, 0.717) is 13.2 Å². The number of morpholine rings is 1. The number of rotatable bonds is 2. The summed E-state index contributed by atoms with van der Waals surface area (Å²) in [6.45, 7) is 6.88. The molecule has 2 aliphatic rings. The third-order valence-corrected chi connectivity index (χ3v) is 4.60. The van der Waals surface area contributed by atoms with Crippen molar-refractivity contribution in [2.75, 3.05) is 26.2 Å². The summed E-state index contributed by atoms with van der Waals surface area (Å²) in [6.07, 6.45) is 4.32. The second-order valence-corrected chi connectivity index (χ2v) is 6.10. The molecule has 2 rings (SSSR count). The first kappa shape index (κ1) is 13.8. The van der Waals surface area contributed by atoms with E-state index < -0.39 is 0 Å². The van der Waals surface area contributed by atoms with Crippen LogP contribution in [0.2, 0.25) is 0 Å². The van der Waals surface area contributed by atoms with E-state index in [1.807, 2.05) is 11.8 Å². The average Bonchev–Trinajstić information content (AvgIpc) is 2.39. The Hall–Kier alpha value is -0.610. The molecule has 1 amide bonds. The first-order chi connectivity index (χ1) is 8.57. The average molecular weight is 254 g/mol. The van der Waals surface area contributed by atoms with Crippen LogP contribution in [-0.2, 0) is 9.53 Å². The minimum atomic E-state index is -0.288. The molecule has 1 saturated carbocycles. The standard InChI is InChI=1S/C14H26N2O2/c1-11-3-5-14(10-15,6-4-11)13(17)16-7-8-18-12(2)9-16/h11-12H,3-10,15H2,1-2H3. The molecular weight excluding hydrogens is 228 g/mol. The summed E-state index contributed by atoms with van der Waals surface area (Å²) < 4.78 is 5.50. The highest BCUT2D eigenvalue weighted by molar-refractivity contribution is 5.83. The highest BCUT2D eigenvalue weighted by Crippen LogP contribution is 2.39. The Balaban J connectivity index is 2.05. The van der Waals surface area contributed by atoms with Gasteiger partial charge in [0, 0.05) is 19.6 Å². The van der Waals surface area contributed by atoms with E-state index in [1.165, 1.54) is 0 Å². The smallest absolute Gasteiger partial charge is 0.230 e. The molecule has 0 bridgehead atoms. The lowest BCUT2D eigenvalue weighted by Crippen LogP contribution is -2.54. The zero-order valence-electron chi connectivity index (χ0n) is 11.7. The maximum absolute atomic E-state index is 12.7. The fourth-order valence-electron chi connectivity index (χ4n) is 3.16. The van der Waals surface area contributed by atoms with E-state index in [1.54, 1.807) is 0 Å². The molecule has 0 aromatic rings. The molecule has 0 aromatic carbocycles. The zero-order chi connectivity index (χ0) is 13.2. The molecule has 1 saturated heterocycles. The highest BCUT2D eigenvalue weighted by Gasteiger charge is 2.42. The van der Waals surface area contributed by atoms with Crippen LogP contribution in [0.25, 0.3) is 0 Å². The van der Waals surface area contributed by atoms with Crippen molar-refractivity contribution >= 4 is 5.91 Å². The van der Waals surface area contributed by atoms with Gasteiger partial charge in [0.1, 0.15) is 0 Å². The molecule has 1 aliphatic heterocycles. The van der Waals surface area contributed by atoms with E-state index in [-0.39, 0.29) is 17.4 Å². The van der Waals surface area contributed by atoms with Crippen LogP contribution < -0.4 is 5.73 Å². The Bertz CT molecular complexity index is 298. The first-order valence-electron chi connectivity index (χ1n) is 7.18. The van der Waals surface area contributed by atoms with Gasteiger partial charge < -0.3 is 15.4 Å². The molecule has 2 N–H and O–H groups in total. The third kappa shape index (κ3) is 2.69. The number of nitrogens with two attached hydrogens (primary N) is 1. The molecular formula is C14H26N2O2. The van der Waals surface area contributed by atoms with Crippen LogP contribution in [-0.4, -0.2) is 43.2 Å². The predicted octanol–water partition coefficient (Wildman–Crippen LogP) is 1.39. The Morgan fingerprint density at radius 3 is 2.61 bits per heavy atom. The molecule has 0 spiro atoms. The summed E-state index contributed by atoms with van der Waals surface area (Å²) in [5.41, 5.74) is 5.66. The highest BCUT2D eigenvalue weighted by atomic mass is 16.5. The van der Waals surface area contributed by atoms with Crippen molar-refractivity contribution in [3.05, 3.63) is 0 Å². The van der Waals surface area contributed by atoms with E-state index in [4.69, 9.17) is 10.5 Å². The number of hydrogen-bond donors (Lipinski definition) is 1. The topological polar surface area (TPSA) is 55.6 Å². The fraction of sp³-hybridized carbons (Fsp3) is 0.929. The monoisotopic (exact) mass is 254 g/mol. The number of hydrogen-bond acceptors (Lipinski definition) is 3. The number of amides is 1. The quantitative estimate of drug-likeness (QED) is 0.810. The summed E-state index contributed by atoms with van der Waals surface area (Å²) in [4.78, 5) is 14.7. The SMILES string of the molecule is CC1CCC(CN)(C(=O)N2CCOC(C)C2)CC1. The molecule has 4 heteroatoms. The Morgan fingerprint density at radius 2 is 2.06 bits per heavy atom. The summed E-state index contributed by atoms with van der Waals surface area (Å²) in [6, 6.07) is 0. The minimum Gasteiger partial charge on any atom is -0.375 e. The molecule has 1 atom stereocenters. The largest absolute Gasteiger partial charge is 0.375 e. The van der Waals surface area contributed by atoms with Crippen molar-refractivity contribution in [1.29, 1.82) is 0 Å². The van der Waals surface area contributed by atoms with Crippen LogP contribution in [0.3, 0.4) is 0 Å². The summed E-state index contributed by atoms with van der Waals surface area (Å²) in [7, 11) is 0. The first-order valence-corrected chi connectivity index (χ1v) is 7.18. The molecule has 1 aliphatic carbocycles. The number of nitrogens with zero attached hydrogens (tertiary/aromatic N) is 1. The van der Waals surface area contributed by atoms with Crippen molar-refractivity contribution in [3.63, 3.8) is 0 Å². The number of carbonyl (C=O) groups is 1. The lowest BCUT2D eigenvalue weighted by molar-refractivity contribution is -0.151. The lowest BCUT2D eigenvalue weighted by atomic mass is 9.70. The maximum Gasteiger partial charge on any atom is 0.230 e. The molecule has 1 heterocycles. The molecule has 1 unspecified atom stereocenters. The number of carbonyl (C=O) groups excluding carboxylic acids is 1. The van der Waals surface area contributed by atoms with E-state index in [2.05, 4.69) is 6.92 Å². The van der Waals surface area contributed by atoms with Gasteiger partial charge in [0.2, 0.25) is 5.91 Å². The van der Waals surface area contributed by atoms with Crippen LogP contribution in [0.5, 0.6) is 0 Å². The zero-order valence-corrected chi connectivity index (χ0v) is 11.7. The van der Waals surface area contributed by atoms with E-state index in [9.17, 15) is 4.79 Å². The van der Waals surface area contributed by atoms with Gasteiger partial charge in [-0.3, -0.25) is 4.79 Å². The van der Waals surface area contributed by atoms with Crippen molar-refractivity contribution < 1.29 is 9.53 Å². The molecule has 18 heavy (non-hydrogen) atoms. The van der Waals surface area contributed by atoms with Gasteiger partial charge in [0.25, 0.3) is 0 Å². The van der Waals surface area contributed by atoms with E-state index in [0.717, 1.165) is 44.7 Å². The Morgan fingerprint density at radius 1 is 1.39 bits per heavy atom. The van der Waals surface area contributed by atoms with Crippen LogP contribution in [0.4, 0.5) is 0 Å². The van der Waals surface area contributed by atoms with Gasteiger partial charge in [0.05, 0.1) is 18.1 Å².